The van der Waals surface area contributed by atoms with E-state index in [1.807, 2.05) is 38.1 Å². The molecule has 6 heteroatoms. The Morgan fingerprint density at radius 2 is 1.97 bits per heavy atom. The minimum Gasteiger partial charge on any atom is -0.493 e. The van der Waals surface area contributed by atoms with Gasteiger partial charge in [0.05, 0.1) is 13.2 Å². The predicted molar refractivity (Wildman–Crippen MR) is 119 cm³/mol. The Hall–Kier alpha value is -2.86. The second-order valence-corrected chi connectivity index (χ2v) is 8.03. The highest BCUT2D eigenvalue weighted by atomic mass is 19.1. The van der Waals surface area contributed by atoms with Crippen molar-refractivity contribution < 1.29 is 23.4 Å². The quantitative estimate of drug-likeness (QED) is 0.631. The summed E-state index contributed by atoms with van der Waals surface area (Å²) in [6, 6.07) is 12.2. The first-order valence-electron chi connectivity index (χ1n) is 10.6. The summed E-state index contributed by atoms with van der Waals surface area (Å²) >= 11 is 0. The van der Waals surface area contributed by atoms with Crippen molar-refractivity contribution in [2.45, 2.75) is 38.2 Å². The molecule has 1 fully saturated rings. The minimum atomic E-state index is -0.330. The fourth-order valence-electron chi connectivity index (χ4n) is 3.77. The molecule has 5 nitrogen and oxygen atoms in total. The first-order chi connectivity index (χ1) is 14.9. The standard InChI is InChI=1S/C25H30FNO4/c1-18(2)31-22-9-7-19(15-23(22)29-3)8-10-24(28)27-17-25(11-13-30-14-12-25)20-5-4-6-21(26)16-20/h4-10,15-16,18H,11-14,17H2,1-3H3,(H,27,28). The average molecular weight is 428 g/mol. The van der Waals surface area contributed by atoms with E-state index in [4.69, 9.17) is 14.2 Å². The zero-order valence-corrected chi connectivity index (χ0v) is 18.3. The highest BCUT2D eigenvalue weighted by Gasteiger charge is 2.35. The molecule has 3 rings (SSSR count). The number of benzene rings is 2. The molecule has 1 aliphatic heterocycles. The minimum absolute atomic E-state index is 0.0386. The maximum atomic E-state index is 13.8. The van der Waals surface area contributed by atoms with Crippen LogP contribution in [0.5, 0.6) is 11.5 Å². The number of nitrogens with one attached hydrogen (secondary N) is 1. The number of hydrogen-bond donors (Lipinski definition) is 1. The van der Waals surface area contributed by atoms with Crippen LogP contribution < -0.4 is 14.8 Å². The van der Waals surface area contributed by atoms with Crippen LogP contribution in [0.2, 0.25) is 0 Å². The summed E-state index contributed by atoms with van der Waals surface area (Å²) in [5.74, 6) is 0.802. The van der Waals surface area contributed by atoms with Gasteiger partial charge < -0.3 is 19.5 Å². The zero-order chi connectivity index (χ0) is 22.3. The van der Waals surface area contributed by atoms with Crippen LogP contribution in [0.15, 0.2) is 48.5 Å². The Kier molecular flexibility index (Phi) is 7.69. The SMILES string of the molecule is COc1cc(C=CC(=O)NCC2(c3cccc(F)c3)CCOCC2)ccc1OC(C)C. The van der Waals surface area contributed by atoms with Crippen LogP contribution in [0.1, 0.15) is 37.8 Å². The van der Waals surface area contributed by atoms with Gasteiger partial charge in [0.1, 0.15) is 5.82 Å². The molecular formula is C25H30FNO4. The van der Waals surface area contributed by atoms with Gasteiger partial charge in [-0.05, 0) is 68.2 Å². The van der Waals surface area contributed by atoms with Crippen molar-refractivity contribution in [3.8, 4) is 11.5 Å². The molecule has 1 heterocycles. The molecule has 166 valence electrons. The van der Waals surface area contributed by atoms with Gasteiger partial charge in [-0.3, -0.25) is 4.79 Å². The lowest BCUT2D eigenvalue weighted by Gasteiger charge is -2.37. The van der Waals surface area contributed by atoms with Crippen molar-refractivity contribution in [1.29, 1.82) is 0 Å². The van der Waals surface area contributed by atoms with Crippen LogP contribution in [-0.2, 0) is 14.9 Å². The Labute approximate surface area is 183 Å². The lowest BCUT2D eigenvalue weighted by atomic mass is 9.74. The van der Waals surface area contributed by atoms with Crippen LogP contribution in [0.25, 0.3) is 6.08 Å². The normalized spacial score (nSPS) is 15.8. The molecule has 0 aliphatic carbocycles. The zero-order valence-electron chi connectivity index (χ0n) is 18.3. The Morgan fingerprint density at radius 1 is 1.19 bits per heavy atom. The molecule has 2 aromatic carbocycles. The molecule has 0 aromatic heterocycles. The summed E-state index contributed by atoms with van der Waals surface area (Å²) in [6.45, 7) is 5.51. The van der Waals surface area contributed by atoms with Gasteiger partial charge >= 0.3 is 0 Å². The lowest BCUT2D eigenvalue weighted by Crippen LogP contribution is -2.44. The molecule has 0 unspecified atom stereocenters. The van der Waals surface area contributed by atoms with Crippen LogP contribution in [0.3, 0.4) is 0 Å². The van der Waals surface area contributed by atoms with Gasteiger partial charge in [-0.25, -0.2) is 4.39 Å². The fraction of sp³-hybridized carbons (Fsp3) is 0.400. The van der Waals surface area contributed by atoms with Crippen LogP contribution >= 0.6 is 0 Å². The van der Waals surface area contributed by atoms with E-state index in [2.05, 4.69) is 5.32 Å². The molecule has 1 N–H and O–H groups in total. The van der Waals surface area contributed by atoms with Gasteiger partial charge in [-0.1, -0.05) is 18.2 Å². The highest BCUT2D eigenvalue weighted by molar-refractivity contribution is 5.91. The Bertz CT molecular complexity index is 919. The maximum absolute atomic E-state index is 13.8. The second-order valence-electron chi connectivity index (χ2n) is 8.03. The molecule has 0 spiro atoms. The Morgan fingerprint density at radius 3 is 2.65 bits per heavy atom. The molecule has 1 saturated heterocycles. The van der Waals surface area contributed by atoms with E-state index in [9.17, 15) is 9.18 Å². The van der Waals surface area contributed by atoms with Crippen molar-refractivity contribution in [3.63, 3.8) is 0 Å². The van der Waals surface area contributed by atoms with Gasteiger partial charge in [-0.2, -0.15) is 0 Å². The third-order valence-corrected chi connectivity index (χ3v) is 5.47. The molecule has 1 aliphatic rings. The number of carbonyl (C=O) groups excluding carboxylic acids is 1. The molecule has 0 bridgehead atoms. The number of carbonyl (C=O) groups is 1. The number of amides is 1. The summed E-state index contributed by atoms with van der Waals surface area (Å²) in [4.78, 5) is 12.5. The number of rotatable bonds is 8. The fourth-order valence-corrected chi connectivity index (χ4v) is 3.77. The molecule has 0 atom stereocenters. The summed E-state index contributed by atoms with van der Waals surface area (Å²) in [6.07, 6.45) is 4.73. The van der Waals surface area contributed by atoms with E-state index >= 15 is 0 Å². The number of methoxy groups -OCH3 is 1. The molecule has 0 saturated carbocycles. The van der Waals surface area contributed by atoms with Gasteiger partial charge in [0.15, 0.2) is 11.5 Å². The van der Waals surface area contributed by atoms with E-state index in [1.165, 1.54) is 12.1 Å². The molecule has 1 amide bonds. The second kappa shape index (κ2) is 10.4. The molecule has 0 radical (unpaired) electrons. The predicted octanol–water partition coefficient (Wildman–Crippen LogP) is 4.50. The summed E-state index contributed by atoms with van der Waals surface area (Å²) in [7, 11) is 1.59. The molecular weight excluding hydrogens is 397 g/mol. The van der Waals surface area contributed by atoms with Crippen molar-refractivity contribution in [2.24, 2.45) is 0 Å². The highest BCUT2D eigenvalue weighted by Crippen LogP contribution is 2.34. The Balaban J connectivity index is 1.67. The van der Waals surface area contributed by atoms with Crippen molar-refractivity contribution in [2.75, 3.05) is 26.9 Å². The third-order valence-electron chi connectivity index (χ3n) is 5.47. The number of hydrogen-bond acceptors (Lipinski definition) is 4. The van der Waals surface area contributed by atoms with Crippen LogP contribution in [0, 0.1) is 5.82 Å². The summed E-state index contributed by atoms with van der Waals surface area (Å²) in [5.41, 5.74) is 1.39. The van der Waals surface area contributed by atoms with Crippen molar-refractivity contribution >= 4 is 12.0 Å². The lowest BCUT2D eigenvalue weighted by molar-refractivity contribution is -0.116. The van der Waals surface area contributed by atoms with Crippen LogP contribution in [0.4, 0.5) is 4.39 Å². The number of halogens is 1. The first-order valence-corrected chi connectivity index (χ1v) is 10.6. The van der Waals surface area contributed by atoms with E-state index in [0.29, 0.717) is 31.3 Å². The van der Waals surface area contributed by atoms with E-state index in [1.54, 1.807) is 25.3 Å². The van der Waals surface area contributed by atoms with E-state index in [-0.39, 0.29) is 23.2 Å². The van der Waals surface area contributed by atoms with E-state index < -0.39 is 0 Å². The smallest absolute Gasteiger partial charge is 0.244 e. The maximum Gasteiger partial charge on any atom is 0.244 e. The first kappa shape index (κ1) is 22.8. The third kappa shape index (κ3) is 6.07. The summed E-state index contributed by atoms with van der Waals surface area (Å²) < 4.78 is 30.4. The average Bonchev–Trinajstić information content (AvgIpc) is 2.77. The van der Waals surface area contributed by atoms with Gasteiger partial charge in [0, 0.05) is 31.2 Å². The van der Waals surface area contributed by atoms with Crippen LogP contribution in [-0.4, -0.2) is 38.9 Å². The van der Waals surface area contributed by atoms with Crippen molar-refractivity contribution in [1.82, 2.24) is 5.32 Å². The van der Waals surface area contributed by atoms with Crippen molar-refractivity contribution in [3.05, 3.63) is 65.5 Å². The number of ether oxygens (including phenoxy) is 3. The van der Waals surface area contributed by atoms with Gasteiger partial charge in [0.25, 0.3) is 0 Å². The van der Waals surface area contributed by atoms with Gasteiger partial charge in [-0.15, -0.1) is 0 Å². The summed E-state index contributed by atoms with van der Waals surface area (Å²) in [5, 5.41) is 2.99. The topological polar surface area (TPSA) is 56.8 Å². The molecule has 2 aromatic rings. The monoisotopic (exact) mass is 427 g/mol. The molecule has 31 heavy (non-hydrogen) atoms. The largest absolute Gasteiger partial charge is 0.493 e. The van der Waals surface area contributed by atoms with E-state index in [0.717, 1.165) is 24.0 Å². The van der Waals surface area contributed by atoms with Gasteiger partial charge in [0.2, 0.25) is 5.91 Å².